The van der Waals surface area contributed by atoms with Crippen LogP contribution in [0.2, 0.25) is 0 Å². The molecule has 16 heavy (non-hydrogen) atoms. The van der Waals surface area contributed by atoms with E-state index < -0.39 is 0 Å². The molecule has 0 saturated carbocycles. The molecule has 0 fully saturated rings. The van der Waals surface area contributed by atoms with Crippen molar-refractivity contribution in [1.29, 1.82) is 0 Å². The molecule has 1 aromatic carbocycles. The summed E-state index contributed by atoms with van der Waals surface area (Å²) in [4.78, 5) is 26.0. The minimum absolute atomic E-state index is 0.0251. The molecule has 1 heterocycles. The summed E-state index contributed by atoms with van der Waals surface area (Å²) in [5.41, 5.74) is 2.41. The van der Waals surface area contributed by atoms with Gasteiger partial charge < -0.3 is 4.98 Å². The van der Waals surface area contributed by atoms with E-state index in [0.29, 0.717) is 5.56 Å². The second kappa shape index (κ2) is 3.93. The van der Waals surface area contributed by atoms with Gasteiger partial charge in [0.1, 0.15) is 5.78 Å². The first-order valence-corrected chi connectivity index (χ1v) is 5.19. The number of hydrogen-bond acceptors (Lipinski definition) is 2. The number of aromatic amines is 1. The molecule has 0 aliphatic heterocycles. The Labute approximate surface area is 93.5 Å². The maximum Gasteiger partial charge on any atom is 0.172 e. The molecule has 0 spiro atoms. The highest BCUT2D eigenvalue weighted by atomic mass is 16.1. The number of carbonyl (C=O) groups excluding carboxylic acids is 2. The van der Waals surface area contributed by atoms with Gasteiger partial charge in [-0.1, -0.05) is 18.2 Å². The van der Waals surface area contributed by atoms with Crippen LogP contribution in [0.15, 0.2) is 24.3 Å². The predicted molar refractivity (Wildman–Crippen MR) is 62.7 cm³/mol. The van der Waals surface area contributed by atoms with Crippen molar-refractivity contribution in [3.8, 4) is 0 Å². The van der Waals surface area contributed by atoms with E-state index in [1.165, 1.54) is 6.92 Å². The maximum atomic E-state index is 11.9. The van der Waals surface area contributed by atoms with Crippen molar-refractivity contribution in [2.45, 2.75) is 20.3 Å². The Kier molecular flexibility index (Phi) is 2.60. The molecule has 0 bridgehead atoms. The first-order chi connectivity index (χ1) is 7.59. The number of H-pyrrole nitrogens is 1. The average Bonchev–Trinajstić information content (AvgIpc) is 2.52. The van der Waals surface area contributed by atoms with E-state index in [9.17, 15) is 9.59 Å². The summed E-state index contributed by atoms with van der Waals surface area (Å²) in [7, 11) is 0. The highest BCUT2D eigenvalue weighted by molar-refractivity contribution is 6.15. The Morgan fingerprint density at radius 1 is 1.25 bits per heavy atom. The molecular formula is C13H13NO2. The zero-order valence-corrected chi connectivity index (χ0v) is 9.33. The zero-order valence-electron chi connectivity index (χ0n) is 9.33. The highest BCUT2D eigenvalue weighted by Crippen LogP contribution is 2.23. The lowest BCUT2D eigenvalue weighted by atomic mass is 10.0. The van der Waals surface area contributed by atoms with E-state index in [2.05, 4.69) is 4.98 Å². The number of aryl methyl sites for hydroxylation is 1. The van der Waals surface area contributed by atoms with Gasteiger partial charge in [-0.15, -0.1) is 0 Å². The van der Waals surface area contributed by atoms with Crippen LogP contribution in [-0.4, -0.2) is 16.6 Å². The van der Waals surface area contributed by atoms with Crippen LogP contribution in [0.3, 0.4) is 0 Å². The van der Waals surface area contributed by atoms with Crippen LogP contribution in [0.25, 0.3) is 10.9 Å². The number of carbonyl (C=O) groups is 2. The quantitative estimate of drug-likeness (QED) is 0.632. The third kappa shape index (κ3) is 1.76. The third-order valence-corrected chi connectivity index (χ3v) is 2.58. The van der Waals surface area contributed by atoms with Gasteiger partial charge in [0.25, 0.3) is 0 Å². The van der Waals surface area contributed by atoms with Crippen molar-refractivity contribution in [3.05, 3.63) is 35.5 Å². The molecule has 1 N–H and O–H groups in total. The summed E-state index contributed by atoms with van der Waals surface area (Å²) in [6.45, 7) is 3.29. The highest BCUT2D eigenvalue weighted by Gasteiger charge is 2.16. The monoisotopic (exact) mass is 215 g/mol. The first-order valence-electron chi connectivity index (χ1n) is 5.19. The van der Waals surface area contributed by atoms with Gasteiger partial charge >= 0.3 is 0 Å². The number of hydrogen-bond donors (Lipinski definition) is 1. The molecule has 0 atom stereocenters. The molecule has 2 aromatic rings. The van der Waals surface area contributed by atoms with Crippen LogP contribution < -0.4 is 0 Å². The van der Waals surface area contributed by atoms with Crippen molar-refractivity contribution in [3.63, 3.8) is 0 Å². The standard InChI is InChI=1S/C13H13NO2/c1-8(15)7-12(16)13-9(2)14-11-6-4-3-5-10(11)13/h3-6,14H,7H2,1-2H3. The summed E-state index contributed by atoms with van der Waals surface area (Å²) in [5.74, 6) is -0.211. The maximum absolute atomic E-state index is 11.9. The third-order valence-electron chi connectivity index (χ3n) is 2.58. The summed E-state index contributed by atoms with van der Waals surface area (Å²) in [6.07, 6.45) is -0.0251. The van der Waals surface area contributed by atoms with E-state index in [-0.39, 0.29) is 18.0 Å². The fraction of sp³-hybridized carbons (Fsp3) is 0.231. The number of benzene rings is 1. The summed E-state index contributed by atoms with van der Waals surface area (Å²) >= 11 is 0. The topological polar surface area (TPSA) is 49.9 Å². The lowest BCUT2D eigenvalue weighted by Crippen LogP contribution is -2.05. The van der Waals surface area contributed by atoms with Crippen LogP contribution in [0.1, 0.15) is 29.4 Å². The Balaban J connectivity index is 2.55. The van der Waals surface area contributed by atoms with Crippen LogP contribution in [0.5, 0.6) is 0 Å². The molecule has 0 saturated heterocycles. The van der Waals surface area contributed by atoms with Crippen LogP contribution in [0.4, 0.5) is 0 Å². The number of para-hydroxylation sites is 1. The van der Waals surface area contributed by atoms with E-state index in [1.807, 2.05) is 31.2 Å². The Morgan fingerprint density at radius 2 is 1.94 bits per heavy atom. The van der Waals surface area contributed by atoms with Crippen molar-refractivity contribution in [2.75, 3.05) is 0 Å². The molecular weight excluding hydrogens is 202 g/mol. The number of Topliss-reactive ketones (excluding diaryl/α,β-unsaturated/α-hetero) is 2. The molecule has 3 nitrogen and oxygen atoms in total. The SMILES string of the molecule is CC(=O)CC(=O)c1c(C)[nH]c2ccccc12. The molecule has 0 amide bonds. The summed E-state index contributed by atoms with van der Waals surface area (Å²) in [6, 6.07) is 7.62. The molecule has 0 radical (unpaired) electrons. The zero-order chi connectivity index (χ0) is 11.7. The smallest absolute Gasteiger partial charge is 0.172 e. The second-order valence-electron chi connectivity index (χ2n) is 3.97. The van der Waals surface area contributed by atoms with E-state index in [4.69, 9.17) is 0 Å². The van der Waals surface area contributed by atoms with Crippen LogP contribution in [0, 0.1) is 6.92 Å². The van der Waals surface area contributed by atoms with Gasteiger partial charge in [0.15, 0.2) is 5.78 Å². The number of rotatable bonds is 3. The molecule has 0 aliphatic rings. The Morgan fingerprint density at radius 3 is 2.62 bits per heavy atom. The van der Waals surface area contributed by atoms with Gasteiger partial charge in [0.2, 0.25) is 0 Å². The fourth-order valence-corrected chi connectivity index (χ4v) is 1.95. The molecule has 2 rings (SSSR count). The van der Waals surface area contributed by atoms with Crippen LogP contribution >= 0.6 is 0 Å². The number of ketones is 2. The van der Waals surface area contributed by atoms with Gasteiger partial charge in [-0.05, 0) is 19.9 Å². The number of nitrogens with one attached hydrogen (secondary N) is 1. The van der Waals surface area contributed by atoms with Crippen molar-refractivity contribution in [1.82, 2.24) is 4.98 Å². The molecule has 0 aliphatic carbocycles. The lowest BCUT2D eigenvalue weighted by Gasteiger charge is -1.98. The minimum atomic E-state index is -0.109. The summed E-state index contributed by atoms with van der Waals surface area (Å²) in [5, 5.41) is 0.895. The van der Waals surface area contributed by atoms with E-state index >= 15 is 0 Å². The molecule has 82 valence electrons. The molecule has 0 unspecified atom stereocenters. The normalized spacial score (nSPS) is 10.6. The summed E-state index contributed by atoms with van der Waals surface area (Å²) < 4.78 is 0. The van der Waals surface area contributed by atoms with Gasteiger partial charge in [-0.25, -0.2) is 0 Å². The number of aromatic nitrogens is 1. The van der Waals surface area contributed by atoms with Gasteiger partial charge in [0, 0.05) is 22.2 Å². The van der Waals surface area contributed by atoms with Gasteiger partial charge in [0.05, 0.1) is 6.42 Å². The van der Waals surface area contributed by atoms with Gasteiger partial charge in [-0.3, -0.25) is 9.59 Å². The average molecular weight is 215 g/mol. The second-order valence-corrected chi connectivity index (χ2v) is 3.97. The molecule has 3 heteroatoms. The van der Waals surface area contributed by atoms with E-state index in [0.717, 1.165) is 16.6 Å². The fourth-order valence-electron chi connectivity index (χ4n) is 1.95. The first kappa shape index (κ1) is 10.6. The van der Waals surface area contributed by atoms with Crippen LogP contribution in [-0.2, 0) is 4.79 Å². The largest absolute Gasteiger partial charge is 0.358 e. The van der Waals surface area contributed by atoms with Crippen molar-refractivity contribution >= 4 is 22.5 Å². The minimum Gasteiger partial charge on any atom is -0.358 e. The van der Waals surface area contributed by atoms with Crippen molar-refractivity contribution in [2.24, 2.45) is 0 Å². The Hall–Kier alpha value is -1.90. The van der Waals surface area contributed by atoms with Crippen molar-refractivity contribution < 1.29 is 9.59 Å². The lowest BCUT2D eigenvalue weighted by molar-refractivity contribution is -0.116. The Bertz CT molecular complexity index is 566. The van der Waals surface area contributed by atoms with E-state index in [1.54, 1.807) is 0 Å². The molecule has 1 aromatic heterocycles. The predicted octanol–water partition coefficient (Wildman–Crippen LogP) is 2.64. The van der Waals surface area contributed by atoms with Gasteiger partial charge in [-0.2, -0.15) is 0 Å². The number of fused-ring (bicyclic) bond motifs is 1.